The zero-order valence-electron chi connectivity index (χ0n) is 26.2. The van der Waals surface area contributed by atoms with Crippen molar-refractivity contribution >= 4 is 0 Å². The Morgan fingerprint density at radius 3 is 1.21 bits per heavy atom. The van der Waals surface area contributed by atoms with E-state index in [0.717, 1.165) is 60.8 Å². The molecule has 0 spiro atoms. The molecule has 0 amide bonds. The summed E-state index contributed by atoms with van der Waals surface area (Å²) in [4.78, 5) is 0. The molecule has 2 fully saturated rings. The van der Waals surface area contributed by atoms with Crippen molar-refractivity contribution in [3.63, 3.8) is 0 Å². The summed E-state index contributed by atoms with van der Waals surface area (Å²) in [6, 6.07) is 26.6. The number of aromatic hydroxyl groups is 2. The highest BCUT2D eigenvalue weighted by Crippen LogP contribution is 2.43. The molecule has 2 aliphatic rings. The molecule has 2 heteroatoms. The van der Waals surface area contributed by atoms with Crippen molar-refractivity contribution in [3.8, 4) is 11.5 Å². The van der Waals surface area contributed by atoms with E-state index in [1.807, 2.05) is 0 Å². The maximum absolute atomic E-state index is 11.8. The first-order valence-electron chi connectivity index (χ1n) is 16.7. The van der Waals surface area contributed by atoms with Gasteiger partial charge in [-0.1, -0.05) is 122 Å². The largest absolute Gasteiger partial charge is 0.507 e. The van der Waals surface area contributed by atoms with E-state index in [4.69, 9.17) is 0 Å². The van der Waals surface area contributed by atoms with Crippen LogP contribution in [0.1, 0.15) is 132 Å². The average Bonchev–Trinajstić information content (AvgIpc) is 3.03. The van der Waals surface area contributed by atoms with Crippen molar-refractivity contribution in [1.82, 2.24) is 0 Å². The zero-order valence-corrected chi connectivity index (χ0v) is 26.2. The Kier molecular flexibility index (Phi) is 9.22. The zero-order chi connectivity index (χ0) is 29.8. The summed E-state index contributed by atoms with van der Waals surface area (Å²) < 4.78 is 0. The van der Waals surface area contributed by atoms with Crippen LogP contribution in [-0.2, 0) is 19.3 Å². The lowest BCUT2D eigenvalue weighted by Crippen LogP contribution is -2.09. The van der Waals surface area contributed by atoms with Gasteiger partial charge in [-0.15, -0.1) is 0 Å². The monoisotopic (exact) mass is 572 g/mol. The highest BCUT2D eigenvalue weighted by Gasteiger charge is 2.25. The molecule has 224 valence electrons. The third-order valence-corrected chi connectivity index (χ3v) is 10.1. The molecule has 2 nitrogen and oxygen atoms in total. The van der Waals surface area contributed by atoms with Crippen LogP contribution >= 0.6 is 0 Å². The molecular formula is C41H48O2. The van der Waals surface area contributed by atoms with Gasteiger partial charge in [0.2, 0.25) is 0 Å². The fourth-order valence-electron chi connectivity index (χ4n) is 7.59. The second-order valence-corrected chi connectivity index (χ2v) is 13.6. The highest BCUT2D eigenvalue weighted by atomic mass is 16.3. The Morgan fingerprint density at radius 2 is 0.837 bits per heavy atom. The standard InChI is InChI=1S/C41H48O2/c1-28-13-17-30(18-14-28)21-32-23-36(40(42)38(25-32)34-9-5-3-6-10-34)27-37-24-33(22-31-19-15-29(2)16-20-31)26-39(41(37)43)35-11-7-4-8-12-35/h13-20,23-26,34-35,42-43H,3-12,21-22,27H2,1-2H3. The summed E-state index contributed by atoms with van der Waals surface area (Å²) in [7, 11) is 0. The van der Waals surface area contributed by atoms with Gasteiger partial charge in [0.15, 0.2) is 0 Å². The summed E-state index contributed by atoms with van der Waals surface area (Å²) in [6.07, 6.45) is 14.3. The van der Waals surface area contributed by atoms with Crippen LogP contribution in [-0.4, -0.2) is 10.2 Å². The molecule has 0 aromatic heterocycles. The van der Waals surface area contributed by atoms with Crippen LogP contribution in [0, 0.1) is 13.8 Å². The third-order valence-electron chi connectivity index (χ3n) is 10.1. The second kappa shape index (κ2) is 13.4. The third kappa shape index (κ3) is 7.18. The predicted molar refractivity (Wildman–Crippen MR) is 179 cm³/mol. The minimum atomic E-state index is 0.407. The van der Waals surface area contributed by atoms with Gasteiger partial charge in [-0.05, 0) is 109 Å². The first kappa shape index (κ1) is 29.5. The Labute approximate surface area is 258 Å². The lowest BCUT2D eigenvalue weighted by atomic mass is 9.80. The molecule has 4 aromatic carbocycles. The van der Waals surface area contributed by atoms with Gasteiger partial charge in [0, 0.05) is 6.42 Å². The second-order valence-electron chi connectivity index (χ2n) is 13.6. The number of hydrogen-bond acceptors (Lipinski definition) is 2. The van der Waals surface area contributed by atoms with E-state index in [0.29, 0.717) is 29.8 Å². The topological polar surface area (TPSA) is 40.5 Å². The molecule has 6 rings (SSSR count). The van der Waals surface area contributed by atoms with E-state index in [2.05, 4.69) is 86.6 Å². The quantitative estimate of drug-likeness (QED) is 0.220. The molecule has 0 bridgehead atoms. The number of benzene rings is 4. The van der Waals surface area contributed by atoms with Gasteiger partial charge < -0.3 is 10.2 Å². The minimum Gasteiger partial charge on any atom is -0.507 e. The van der Waals surface area contributed by atoms with Crippen molar-refractivity contribution < 1.29 is 10.2 Å². The Bertz CT molecular complexity index is 1400. The summed E-state index contributed by atoms with van der Waals surface area (Å²) in [5, 5.41) is 23.6. The number of phenols is 2. The lowest BCUT2D eigenvalue weighted by Gasteiger charge is -2.26. The van der Waals surface area contributed by atoms with Crippen LogP contribution in [0.5, 0.6) is 11.5 Å². The van der Waals surface area contributed by atoms with Crippen LogP contribution in [0.2, 0.25) is 0 Å². The van der Waals surface area contributed by atoms with Crippen LogP contribution in [0.3, 0.4) is 0 Å². The smallest absolute Gasteiger partial charge is 0.122 e. The molecule has 43 heavy (non-hydrogen) atoms. The molecule has 0 atom stereocenters. The summed E-state index contributed by atoms with van der Waals surface area (Å²) >= 11 is 0. The van der Waals surface area contributed by atoms with E-state index < -0.39 is 0 Å². The van der Waals surface area contributed by atoms with Gasteiger partial charge >= 0.3 is 0 Å². The number of hydrogen-bond donors (Lipinski definition) is 2. The molecule has 4 aromatic rings. The van der Waals surface area contributed by atoms with Gasteiger partial charge in [0.1, 0.15) is 11.5 Å². The molecular weight excluding hydrogens is 524 g/mol. The SMILES string of the molecule is Cc1ccc(Cc2cc(Cc3cc(Cc4ccc(C)cc4)cc(C4CCCCC4)c3O)c(O)c(C3CCCCC3)c2)cc1. The molecule has 0 aliphatic heterocycles. The first-order chi connectivity index (χ1) is 20.9. The van der Waals surface area contributed by atoms with Crippen molar-refractivity contribution in [2.24, 2.45) is 0 Å². The fraction of sp³-hybridized carbons (Fsp3) is 0.415. The molecule has 0 radical (unpaired) electrons. The van der Waals surface area contributed by atoms with E-state index >= 15 is 0 Å². The molecule has 0 heterocycles. The number of phenolic OH excluding ortho intramolecular Hbond substituents is 2. The maximum atomic E-state index is 11.8. The Morgan fingerprint density at radius 1 is 0.465 bits per heavy atom. The average molecular weight is 573 g/mol. The van der Waals surface area contributed by atoms with Crippen molar-refractivity contribution in [2.45, 2.75) is 109 Å². The van der Waals surface area contributed by atoms with Crippen LogP contribution in [0.15, 0.2) is 72.8 Å². The lowest BCUT2D eigenvalue weighted by molar-refractivity contribution is 0.408. The first-order valence-corrected chi connectivity index (χ1v) is 16.7. The number of aryl methyl sites for hydroxylation is 2. The van der Waals surface area contributed by atoms with Crippen molar-refractivity contribution in [1.29, 1.82) is 0 Å². The predicted octanol–water partition coefficient (Wildman–Crippen LogP) is 10.6. The van der Waals surface area contributed by atoms with E-state index in [1.54, 1.807) is 0 Å². The summed E-state index contributed by atoms with van der Waals surface area (Å²) in [6.45, 7) is 4.26. The molecule has 2 saturated carbocycles. The van der Waals surface area contributed by atoms with Crippen LogP contribution in [0.25, 0.3) is 0 Å². The minimum absolute atomic E-state index is 0.407. The van der Waals surface area contributed by atoms with Crippen LogP contribution < -0.4 is 0 Å². The van der Waals surface area contributed by atoms with Gasteiger partial charge in [0.25, 0.3) is 0 Å². The van der Waals surface area contributed by atoms with E-state index in [9.17, 15) is 10.2 Å². The molecule has 2 aliphatic carbocycles. The molecule has 0 unspecified atom stereocenters. The number of rotatable bonds is 8. The highest BCUT2D eigenvalue weighted by molar-refractivity contribution is 5.53. The van der Waals surface area contributed by atoms with Gasteiger partial charge in [-0.2, -0.15) is 0 Å². The van der Waals surface area contributed by atoms with E-state index in [1.165, 1.54) is 71.9 Å². The summed E-state index contributed by atoms with van der Waals surface area (Å²) in [5.74, 6) is 1.71. The Balaban J connectivity index is 1.39. The van der Waals surface area contributed by atoms with Gasteiger partial charge in [0.05, 0.1) is 0 Å². The van der Waals surface area contributed by atoms with Gasteiger partial charge in [-0.25, -0.2) is 0 Å². The van der Waals surface area contributed by atoms with E-state index in [-0.39, 0.29) is 0 Å². The molecule has 0 saturated heterocycles. The Hall–Kier alpha value is -3.52. The van der Waals surface area contributed by atoms with Crippen molar-refractivity contribution in [2.75, 3.05) is 0 Å². The summed E-state index contributed by atoms with van der Waals surface area (Å²) in [5.41, 5.74) is 11.7. The normalized spacial score (nSPS) is 16.4. The van der Waals surface area contributed by atoms with Crippen molar-refractivity contribution in [3.05, 3.63) is 128 Å². The molecule has 2 N–H and O–H groups in total. The fourth-order valence-corrected chi connectivity index (χ4v) is 7.59. The van der Waals surface area contributed by atoms with Crippen LogP contribution in [0.4, 0.5) is 0 Å². The van der Waals surface area contributed by atoms with Gasteiger partial charge in [-0.3, -0.25) is 0 Å². The maximum Gasteiger partial charge on any atom is 0.122 e.